The minimum absolute atomic E-state index is 0.493. The topological polar surface area (TPSA) is 0 Å². The van der Waals surface area contributed by atoms with Crippen LogP contribution in [0, 0.1) is 23.5 Å². The van der Waals surface area contributed by atoms with Crippen molar-refractivity contribution in [2.24, 2.45) is 11.8 Å². The molecule has 0 heterocycles. The van der Waals surface area contributed by atoms with Crippen molar-refractivity contribution < 1.29 is 8.78 Å². The quantitative estimate of drug-likeness (QED) is 0.568. The number of allylic oxidation sites excluding steroid dienone is 2. The highest BCUT2D eigenvalue weighted by molar-refractivity contribution is 5.67. The van der Waals surface area contributed by atoms with Crippen molar-refractivity contribution in [3.63, 3.8) is 0 Å². The molecule has 1 aromatic carbocycles. The Labute approximate surface area is 139 Å². The summed E-state index contributed by atoms with van der Waals surface area (Å²) < 4.78 is 29.0. The molecule has 1 aromatic rings. The third-order valence-electron chi connectivity index (χ3n) is 5.71. The Morgan fingerprint density at radius 2 is 1.78 bits per heavy atom. The van der Waals surface area contributed by atoms with Gasteiger partial charge in [0.05, 0.1) is 0 Å². The van der Waals surface area contributed by atoms with E-state index < -0.39 is 11.6 Å². The maximum atomic E-state index is 14.5. The maximum absolute atomic E-state index is 14.5. The Bertz CT molecular complexity index is 567. The van der Waals surface area contributed by atoms with Gasteiger partial charge in [-0.25, -0.2) is 8.78 Å². The van der Waals surface area contributed by atoms with Crippen LogP contribution in [0.3, 0.4) is 0 Å². The van der Waals surface area contributed by atoms with Crippen molar-refractivity contribution in [3.8, 4) is 0 Å². The second kappa shape index (κ2) is 7.59. The van der Waals surface area contributed by atoms with Crippen molar-refractivity contribution in [2.45, 2.75) is 71.1 Å². The molecule has 2 aliphatic carbocycles. The van der Waals surface area contributed by atoms with E-state index in [1.165, 1.54) is 25.7 Å². The van der Waals surface area contributed by atoms with Crippen LogP contribution in [0.15, 0.2) is 18.2 Å². The van der Waals surface area contributed by atoms with Gasteiger partial charge in [0.25, 0.3) is 0 Å². The van der Waals surface area contributed by atoms with E-state index in [4.69, 9.17) is 0 Å². The van der Waals surface area contributed by atoms with Crippen LogP contribution in [-0.4, -0.2) is 0 Å². The molecule has 1 atom stereocenters. The summed E-state index contributed by atoms with van der Waals surface area (Å²) in [6, 6.07) is 3.64. The van der Waals surface area contributed by atoms with Gasteiger partial charge in [0, 0.05) is 5.56 Å². The molecular weight excluding hydrogens is 290 g/mol. The van der Waals surface area contributed by atoms with Crippen molar-refractivity contribution in [3.05, 3.63) is 41.0 Å². The van der Waals surface area contributed by atoms with Crippen LogP contribution >= 0.6 is 0 Å². The monoisotopic (exact) mass is 318 g/mol. The van der Waals surface area contributed by atoms with Gasteiger partial charge in [-0.1, -0.05) is 63.7 Å². The summed E-state index contributed by atoms with van der Waals surface area (Å²) >= 11 is 0. The molecule has 0 saturated heterocycles. The zero-order valence-corrected chi connectivity index (χ0v) is 14.2. The molecule has 1 saturated carbocycles. The maximum Gasteiger partial charge on any atom is 0.166 e. The molecule has 0 aliphatic heterocycles. The minimum atomic E-state index is -0.624. The summed E-state index contributed by atoms with van der Waals surface area (Å²) in [4.78, 5) is 0. The fourth-order valence-electron chi connectivity index (χ4n) is 4.32. The normalized spacial score (nSPS) is 22.4. The van der Waals surface area contributed by atoms with Crippen LogP contribution in [-0.2, 0) is 6.42 Å². The van der Waals surface area contributed by atoms with E-state index in [2.05, 4.69) is 13.0 Å². The third-order valence-corrected chi connectivity index (χ3v) is 5.71. The number of hydrogen-bond donors (Lipinski definition) is 0. The summed E-state index contributed by atoms with van der Waals surface area (Å²) in [5.41, 5.74) is 2.06. The standard InChI is InChI=1S/C21H28F2/c1-2-5-15-8-10-17(11-9-15)19-13-12-18(20(22)21(19)23)14-16-6-3-4-7-16/h10,12-13,15-16H,2-9,11,14H2,1H3. The Morgan fingerprint density at radius 3 is 2.43 bits per heavy atom. The molecule has 0 aromatic heterocycles. The van der Waals surface area contributed by atoms with Gasteiger partial charge in [-0.05, 0) is 48.7 Å². The second-order valence-electron chi connectivity index (χ2n) is 7.41. The molecule has 0 nitrogen and oxygen atoms in total. The summed E-state index contributed by atoms with van der Waals surface area (Å²) in [7, 11) is 0. The SMILES string of the molecule is CCCC1CC=C(c2ccc(CC3CCCC3)c(F)c2F)CC1. The van der Waals surface area contributed by atoms with Gasteiger partial charge in [-0.15, -0.1) is 0 Å². The van der Waals surface area contributed by atoms with E-state index in [9.17, 15) is 8.78 Å². The molecule has 2 heteroatoms. The van der Waals surface area contributed by atoms with Crippen molar-refractivity contribution >= 4 is 5.57 Å². The van der Waals surface area contributed by atoms with Gasteiger partial charge in [-0.2, -0.15) is 0 Å². The van der Waals surface area contributed by atoms with Gasteiger partial charge >= 0.3 is 0 Å². The first-order chi connectivity index (χ1) is 11.2. The molecule has 3 rings (SSSR count). The second-order valence-corrected chi connectivity index (χ2v) is 7.41. The zero-order valence-electron chi connectivity index (χ0n) is 14.2. The lowest BCUT2D eigenvalue weighted by Gasteiger charge is -2.22. The lowest BCUT2D eigenvalue weighted by Crippen LogP contribution is -2.08. The summed E-state index contributed by atoms with van der Waals surface area (Å²) in [6.07, 6.45) is 13.0. The predicted octanol–water partition coefficient (Wildman–Crippen LogP) is 6.68. The Morgan fingerprint density at radius 1 is 1.00 bits per heavy atom. The van der Waals surface area contributed by atoms with Crippen LogP contribution in [0.1, 0.15) is 75.8 Å². The largest absolute Gasteiger partial charge is 0.203 e. The Kier molecular flexibility index (Phi) is 5.50. The molecule has 2 aliphatic rings. The zero-order chi connectivity index (χ0) is 16.2. The van der Waals surface area contributed by atoms with Crippen LogP contribution in [0.25, 0.3) is 5.57 Å². The molecule has 23 heavy (non-hydrogen) atoms. The van der Waals surface area contributed by atoms with Crippen LogP contribution < -0.4 is 0 Å². The van der Waals surface area contributed by atoms with Crippen LogP contribution in [0.2, 0.25) is 0 Å². The molecule has 126 valence electrons. The molecule has 0 bridgehead atoms. The average molecular weight is 318 g/mol. The van der Waals surface area contributed by atoms with Gasteiger partial charge in [-0.3, -0.25) is 0 Å². The molecule has 0 amide bonds. The predicted molar refractivity (Wildman–Crippen MR) is 92.2 cm³/mol. The first-order valence-electron chi connectivity index (χ1n) is 9.35. The first kappa shape index (κ1) is 16.7. The summed E-state index contributed by atoms with van der Waals surface area (Å²) in [6.45, 7) is 2.21. The number of hydrogen-bond acceptors (Lipinski definition) is 0. The van der Waals surface area contributed by atoms with E-state index in [1.807, 2.05) is 12.1 Å². The van der Waals surface area contributed by atoms with Crippen LogP contribution in [0.5, 0.6) is 0 Å². The van der Waals surface area contributed by atoms with Crippen molar-refractivity contribution in [1.82, 2.24) is 0 Å². The van der Waals surface area contributed by atoms with E-state index in [1.54, 1.807) is 0 Å². The van der Waals surface area contributed by atoms with E-state index in [0.717, 1.165) is 43.6 Å². The Hall–Kier alpha value is -1.18. The fraction of sp³-hybridized carbons (Fsp3) is 0.619. The number of benzene rings is 1. The molecule has 0 spiro atoms. The summed E-state index contributed by atoms with van der Waals surface area (Å²) in [5.74, 6) is 0.0309. The van der Waals surface area contributed by atoms with E-state index in [0.29, 0.717) is 23.5 Å². The first-order valence-corrected chi connectivity index (χ1v) is 9.35. The Balaban J connectivity index is 1.75. The average Bonchev–Trinajstić information content (AvgIpc) is 3.07. The van der Waals surface area contributed by atoms with E-state index >= 15 is 0 Å². The van der Waals surface area contributed by atoms with Crippen molar-refractivity contribution in [2.75, 3.05) is 0 Å². The highest BCUT2D eigenvalue weighted by Gasteiger charge is 2.22. The molecule has 1 fully saturated rings. The smallest absolute Gasteiger partial charge is 0.166 e. The van der Waals surface area contributed by atoms with Crippen LogP contribution in [0.4, 0.5) is 8.78 Å². The van der Waals surface area contributed by atoms with Gasteiger partial charge < -0.3 is 0 Å². The molecular formula is C21H28F2. The van der Waals surface area contributed by atoms with E-state index in [-0.39, 0.29) is 0 Å². The minimum Gasteiger partial charge on any atom is -0.203 e. The molecule has 1 unspecified atom stereocenters. The lowest BCUT2D eigenvalue weighted by atomic mass is 9.84. The van der Waals surface area contributed by atoms with Gasteiger partial charge in [0.2, 0.25) is 0 Å². The number of rotatable bonds is 5. The van der Waals surface area contributed by atoms with Crippen molar-refractivity contribution in [1.29, 1.82) is 0 Å². The summed E-state index contributed by atoms with van der Waals surface area (Å²) in [5, 5.41) is 0. The van der Waals surface area contributed by atoms with Gasteiger partial charge in [0.15, 0.2) is 11.6 Å². The molecule has 0 N–H and O–H groups in total. The molecule has 0 radical (unpaired) electrons. The highest BCUT2D eigenvalue weighted by Crippen LogP contribution is 2.35. The third kappa shape index (κ3) is 3.84. The van der Waals surface area contributed by atoms with Gasteiger partial charge in [0.1, 0.15) is 0 Å². The fourth-order valence-corrected chi connectivity index (χ4v) is 4.32. The lowest BCUT2D eigenvalue weighted by molar-refractivity contribution is 0.442. The number of halogens is 2. The highest BCUT2D eigenvalue weighted by atomic mass is 19.2.